The number of rotatable bonds is 0. The van der Waals surface area contributed by atoms with Gasteiger partial charge in [-0.15, -0.1) is 5.92 Å². The lowest BCUT2D eigenvalue weighted by atomic mass is 10.6. The standard InChI is InChI=1S/C7H6/c1-3-5-7-6-4-2/h7H,1H2,2H3. The van der Waals surface area contributed by atoms with Gasteiger partial charge in [0.15, 0.2) is 0 Å². The Balaban J connectivity index is 3.88. The van der Waals surface area contributed by atoms with Crippen molar-refractivity contribution in [1.82, 2.24) is 0 Å². The Hall–Kier alpha value is -1.14. The van der Waals surface area contributed by atoms with Crippen LogP contribution in [0.25, 0.3) is 0 Å². The molecule has 0 saturated heterocycles. The highest BCUT2D eigenvalue weighted by Gasteiger charge is 1.43. The first-order valence-electron chi connectivity index (χ1n) is 1.93. The molecular weight excluding hydrogens is 84.1 g/mol. The first kappa shape index (κ1) is 5.86. The minimum Gasteiger partial charge on any atom is -0.101 e. The van der Waals surface area contributed by atoms with Crippen molar-refractivity contribution in [2.24, 2.45) is 0 Å². The first-order valence-corrected chi connectivity index (χ1v) is 1.93. The third kappa shape index (κ3) is 4.86. The molecule has 34 valence electrons. The Morgan fingerprint density at radius 3 is 2.71 bits per heavy atom. The molecule has 0 heteroatoms. The lowest BCUT2D eigenvalue weighted by Gasteiger charge is -1.50. The molecular formula is C7H6. The molecule has 7 heavy (non-hydrogen) atoms. The minimum atomic E-state index is 1.58. The molecule has 0 fully saturated rings. The summed E-state index contributed by atoms with van der Waals surface area (Å²) in [6, 6.07) is 0. The maximum atomic E-state index is 3.30. The molecule has 0 aromatic carbocycles. The van der Waals surface area contributed by atoms with Gasteiger partial charge in [0.2, 0.25) is 0 Å². The smallest absolute Gasteiger partial charge is 0.0385 e. The molecule has 0 aliphatic heterocycles. The average molecular weight is 90.1 g/mol. The van der Waals surface area contributed by atoms with Crippen molar-refractivity contribution in [3.63, 3.8) is 0 Å². The lowest BCUT2D eigenvalue weighted by Crippen LogP contribution is -1.38. The van der Waals surface area contributed by atoms with E-state index in [0.29, 0.717) is 0 Å². The van der Waals surface area contributed by atoms with Gasteiger partial charge in [-0.1, -0.05) is 17.4 Å². The maximum Gasteiger partial charge on any atom is 0.0385 e. The molecule has 0 aliphatic rings. The van der Waals surface area contributed by atoms with E-state index in [4.69, 9.17) is 0 Å². The lowest BCUT2D eigenvalue weighted by molar-refractivity contribution is 1.91. The molecule has 0 amide bonds. The Labute approximate surface area is 43.9 Å². The van der Waals surface area contributed by atoms with Crippen molar-refractivity contribution in [2.45, 2.75) is 6.92 Å². The summed E-state index contributed by atoms with van der Waals surface area (Å²) >= 11 is 0. The van der Waals surface area contributed by atoms with E-state index in [1.54, 1.807) is 13.0 Å². The molecule has 0 spiro atoms. The Bertz CT molecular complexity index is 164. The molecule has 0 bridgehead atoms. The molecule has 0 N–H and O–H groups in total. The van der Waals surface area contributed by atoms with Crippen molar-refractivity contribution in [1.29, 1.82) is 0 Å². The Morgan fingerprint density at radius 2 is 2.29 bits per heavy atom. The zero-order valence-electron chi connectivity index (χ0n) is 4.28. The fourth-order valence-electron chi connectivity index (χ4n) is 0.159. The van der Waals surface area contributed by atoms with E-state index in [-0.39, 0.29) is 0 Å². The average Bonchev–Trinajstić information content (AvgIpc) is 1.69. The number of allylic oxidation sites excluding steroid dienone is 1. The highest BCUT2D eigenvalue weighted by molar-refractivity contribution is 5.12. The van der Waals surface area contributed by atoms with Gasteiger partial charge in [0.05, 0.1) is 0 Å². The van der Waals surface area contributed by atoms with Crippen LogP contribution in [0.1, 0.15) is 6.92 Å². The summed E-state index contributed by atoms with van der Waals surface area (Å²) in [5.41, 5.74) is 5.03. The van der Waals surface area contributed by atoms with Gasteiger partial charge >= 0.3 is 0 Å². The van der Waals surface area contributed by atoms with Gasteiger partial charge in [-0.2, -0.15) is 0 Å². The first-order chi connectivity index (χ1) is 3.41. The van der Waals surface area contributed by atoms with Crippen LogP contribution in [0.3, 0.4) is 0 Å². The minimum absolute atomic E-state index is 1.58. The molecule has 0 rings (SSSR count). The highest BCUT2D eigenvalue weighted by Crippen LogP contribution is 1.56. The van der Waals surface area contributed by atoms with E-state index in [1.807, 2.05) is 0 Å². The van der Waals surface area contributed by atoms with Crippen LogP contribution in [0.2, 0.25) is 0 Å². The number of hydrogen-bond donors (Lipinski definition) is 0. The molecule has 0 unspecified atom stereocenters. The zero-order chi connectivity index (χ0) is 5.54. The summed E-state index contributed by atoms with van der Waals surface area (Å²) in [6.07, 6.45) is 1.58. The van der Waals surface area contributed by atoms with Gasteiger partial charge in [-0.25, -0.2) is 0 Å². The van der Waals surface area contributed by atoms with Crippen molar-refractivity contribution in [3.05, 3.63) is 24.1 Å². The third-order valence-corrected chi connectivity index (χ3v) is 0.391. The summed E-state index contributed by atoms with van der Waals surface area (Å²) in [5.74, 6) is 5.33. The molecule has 0 nitrogen and oxygen atoms in total. The Kier molecular flexibility index (Phi) is 4.07. The largest absolute Gasteiger partial charge is 0.101 e. The second-order valence-electron chi connectivity index (χ2n) is 0.860. The molecule has 0 aromatic heterocycles. The molecule has 0 radical (unpaired) electrons. The summed E-state index contributed by atoms with van der Waals surface area (Å²) in [6.45, 7) is 5.06. The van der Waals surface area contributed by atoms with Crippen LogP contribution < -0.4 is 0 Å². The SMILES string of the molecule is C=C=C=CC#CC. The molecule has 0 heterocycles. The monoisotopic (exact) mass is 90.0 g/mol. The second kappa shape index (κ2) is 4.86. The predicted molar refractivity (Wildman–Crippen MR) is 30.7 cm³/mol. The van der Waals surface area contributed by atoms with Crippen molar-refractivity contribution in [3.8, 4) is 11.8 Å². The summed E-state index contributed by atoms with van der Waals surface area (Å²) in [4.78, 5) is 0. The van der Waals surface area contributed by atoms with Crippen molar-refractivity contribution >= 4 is 0 Å². The van der Waals surface area contributed by atoms with Gasteiger partial charge in [-0.05, 0) is 13.5 Å². The third-order valence-electron chi connectivity index (χ3n) is 0.391. The van der Waals surface area contributed by atoms with Gasteiger partial charge in [0, 0.05) is 6.08 Å². The highest BCUT2D eigenvalue weighted by atomic mass is 13.5. The van der Waals surface area contributed by atoms with Gasteiger partial charge in [0.25, 0.3) is 0 Å². The normalized spacial score (nSPS) is 4.14. The van der Waals surface area contributed by atoms with Gasteiger partial charge in [-0.3, -0.25) is 0 Å². The van der Waals surface area contributed by atoms with E-state index < -0.39 is 0 Å². The zero-order valence-corrected chi connectivity index (χ0v) is 4.28. The summed E-state index contributed by atoms with van der Waals surface area (Å²) < 4.78 is 0. The van der Waals surface area contributed by atoms with Crippen LogP contribution in [0, 0.1) is 11.8 Å². The van der Waals surface area contributed by atoms with Gasteiger partial charge < -0.3 is 0 Å². The summed E-state index contributed by atoms with van der Waals surface area (Å²) in [5, 5.41) is 0. The van der Waals surface area contributed by atoms with Crippen molar-refractivity contribution in [2.75, 3.05) is 0 Å². The quantitative estimate of drug-likeness (QED) is 0.312. The van der Waals surface area contributed by atoms with Gasteiger partial charge in [0.1, 0.15) is 0 Å². The van der Waals surface area contributed by atoms with Crippen LogP contribution in [-0.2, 0) is 0 Å². The topological polar surface area (TPSA) is 0 Å². The van der Waals surface area contributed by atoms with Crippen LogP contribution in [-0.4, -0.2) is 0 Å². The van der Waals surface area contributed by atoms with Crippen LogP contribution >= 0.6 is 0 Å². The van der Waals surface area contributed by atoms with Crippen molar-refractivity contribution < 1.29 is 0 Å². The van der Waals surface area contributed by atoms with Crippen LogP contribution in [0.15, 0.2) is 24.1 Å². The van der Waals surface area contributed by atoms with E-state index in [0.717, 1.165) is 0 Å². The summed E-state index contributed by atoms with van der Waals surface area (Å²) in [7, 11) is 0. The van der Waals surface area contributed by atoms with E-state index in [9.17, 15) is 0 Å². The fraction of sp³-hybridized carbons (Fsp3) is 0.143. The van der Waals surface area contributed by atoms with Crippen LogP contribution in [0.5, 0.6) is 0 Å². The Morgan fingerprint density at radius 1 is 1.57 bits per heavy atom. The van der Waals surface area contributed by atoms with Crippen LogP contribution in [0.4, 0.5) is 0 Å². The molecule has 0 aliphatic carbocycles. The van der Waals surface area contributed by atoms with E-state index in [2.05, 4.69) is 29.9 Å². The van der Waals surface area contributed by atoms with E-state index in [1.165, 1.54) is 0 Å². The second-order valence-corrected chi connectivity index (χ2v) is 0.860. The van der Waals surface area contributed by atoms with E-state index >= 15 is 0 Å². The predicted octanol–water partition coefficient (Wildman–Crippen LogP) is 1.51. The number of hydrogen-bond acceptors (Lipinski definition) is 0. The molecule has 0 aromatic rings. The molecule has 0 saturated carbocycles. The fourth-order valence-corrected chi connectivity index (χ4v) is 0.159. The maximum absolute atomic E-state index is 3.30. The molecule has 0 atom stereocenters.